The Morgan fingerprint density at radius 2 is 1.93 bits per heavy atom. The Hall–Kier alpha value is -0.510. The number of anilines is 1. The van der Waals surface area contributed by atoms with Crippen LogP contribution in [-0.4, -0.2) is 64.4 Å². The van der Waals surface area contributed by atoms with Crippen molar-refractivity contribution in [1.82, 2.24) is 19.5 Å². The predicted octanol–water partition coefficient (Wildman–Crippen LogP) is -5.37. The van der Waals surface area contributed by atoms with Gasteiger partial charge in [0, 0.05) is 0 Å². The Balaban J connectivity index is 0.00000280. The molecular weight excluding hydrogens is 435 g/mol. The second-order valence-electron chi connectivity index (χ2n) is 5.44. The first-order chi connectivity index (χ1) is 12.5. The van der Waals surface area contributed by atoms with Crippen LogP contribution >= 0.6 is 15.6 Å². The first kappa shape index (κ1) is 23.8. The first-order valence-corrected chi connectivity index (χ1v) is 10.1. The first-order valence-electron chi connectivity index (χ1n) is 7.15. The largest absolute Gasteiger partial charge is 1.00 e. The van der Waals surface area contributed by atoms with Crippen molar-refractivity contribution in [3.05, 3.63) is 12.7 Å². The van der Waals surface area contributed by atoms with Crippen LogP contribution in [0.3, 0.4) is 0 Å². The van der Waals surface area contributed by atoms with Crippen molar-refractivity contribution in [2.24, 2.45) is 0 Å². The Kier molecular flexibility index (Phi) is 7.38. The van der Waals surface area contributed by atoms with Crippen molar-refractivity contribution in [2.45, 2.75) is 24.5 Å². The molecule has 1 aliphatic rings. The molecule has 0 bridgehead atoms. The van der Waals surface area contributed by atoms with E-state index >= 15 is 0 Å². The fraction of sp³-hybridized carbons (Fsp3) is 0.500. The molecule has 1 saturated heterocycles. The molecule has 150 valence electrons. The minimum Gasteiger partial charge on any atom is -0.756 e. The molecule has 0 aliphatic carbocycles. The van der Waals surface area contributed by atoms with Gasteiger partial charge in [0.25, 0.3) is 7.82 Å². The molecule has 28 heavy (non-hydrogen) atoms. The fourth-order valence-electron chi connectivity index (χ4n) is 2.47. The number of hydrogen-bond donors (Lipinski definition) is 5. The molecular formula is C10H14N5NaO10P2. The van der Waals surface area contributed by atoms with Crippen LogP contribution in [0.1, 0.15) is 6.23 Å². The van der Waals surface area contributed by atoms with Gasteiger partial charge in [0.2, 0.25) is 0 Å². The second kappa shape index (κ2) is 8.70. The summed E-state index contributed by atoms with van der Waals surface area (Å²) in [6, 6.07) is 0. The summed E-state index contributed by atoms with van der Waals surface area (Å²) in [5.41, 5.74) is 6.08. The van der Waals surface area contributed by atoms with Gasteiger partial charge in [0.15, 0.2) is 17.7 Å². The molecule has 1 aliphatic heterocycles. The fourth-order valence-corrected chi connectivity index (χ4v) is 4.03. The summed E-state index contributed by atoms with van der Waals surface area (Å²) in [6.45, 7) is -0.876. The van der Waals surface area contributed by atoms with Crippen LogP contribution in [0.25, 0.3) is 11.2 Å². The molecule has 18 heteroatoms. The van der Waals surface area contributed by atoms with E-state index in [2.05, 4.69) is 23.8 Å². The van der Waals surface area contributed by atoms with E-state index in [0.717, 1.165) is 6.33 Å². The van der Waals surface area contributed by atoms with Crippen LogP contribution in [0.15, 0.2) is 12.7 Å². The number of hydrogen-bond acceptors (Lipinski definition) is 12. The van der Waals surface area contributed by atoms with Gasteiger partial charge in [-0.05, 0) is 0 Å². The van der Waals surface area contributed by atoms with Crippen LogP contribution in [0.5, 0.6) is 0 Å². The van der Waals surface area contributed by atoms with E-state index in [-0.39, 0.29) is 46.5 Å². The number of aromatic nitrogens is 4. The molecule has 5 unspecified atom stereocenters. The maximum Gasteiger partial charge on any atom is 1.00 e. The number of rotatable bonds is 6. The molecule has 0 saturated carbocycles. The number of nitrogens with two attached hydrogens (primary N) is 1. The van der Waals surface area contributed by atoms with Crippen molar-refractivity contribution in [3.63, 3.8) is 0 Å². The van der Waals surface area contributed by atoms with Gasteiger partial charge in [-0.15, -0.1) is 0 Å². The zero-order valence-corrected chi connectivity index (χ0v) is 18.0. The van der Waals surface area contributed by atoms with Crippen molar-refractivity contribution in [3.8, 4) is 0 Å². The van der Waals surface area contributed by atoms with Gasteiger partial charge >= 0.3 is 37.4 Å². The topological polar surface area (TPSA) is 235 Å². The molecule has 5 atom stereocenters. The maximum atomic E-state index is 11.4. The smallest absolute Gasteiger partial charge is 0.756 e. The van der Waals surface area contributed by atoms with Gasteiger partial charge in [-0.1, -0.05) is 0 Å². The third-order valence-electron chi connectivity index (χ3n) is 3.60. The average Bonchev–Trinajstić information content (AvgIpc) is 3.07. The van der Waals surface area contributed by atoms with Crippen LogP contribution < -0.4 is 40.2 Å². The molecule has 2 aromatic heterocycles. The molecule has 6 N–H and O–H groups in total. The zero-order valence-electron chi connectivity index (χ0n) is 14.2. The van der Waals surface area contributed by atoms with Gasteiger partial charge in [-0.2, -0.15) is 0 Å². The van der Waals surface area contributed by atoms with Gasteiger partial charge in [0.1, 0.15) is 30.2 Å². The van der Waals surface area contributed by atoms with Crippen molar-refractivity contribution in [1.29, 1.82) is 0 Å². The molecule has 3 rings (SSSR count). The minimum absolute atomic E-state index is 0. The standard InChI is InChI=1S/C10H15N5O10P2.Na/c11-8-5-9(13-2-12-8)15(3-14-5)10-7(17)6(16)4(24-10)1-23-27(21,22)25-26(18,19)20;/h2-4,6-7,10,16-17H,1H2,(H,21,22)(H2,11,12,13)(H2,18,19,20);/q;+1/p-1. The number of phosphoric ester groups is 1. The van der Waals surface area contributed by atoms with Crippen molar-refractivity contribution >= 4 is 32.6 Å². The number of ether oxygens (including phenoxy) is 1. The van der Waals surface area contributed by atoms with E-state index in [9.17, 15) is 24.2 Å². The Morgan fingerprint density at radius 1 is 1.25 bits per heavy atom. The Morgan fingerprint density at radius 3 is 2.57 bits per heavy atom. The van der Waals surface area contributed by atoms with Crippen molar-refractivity contribution < 1.29 is 77.2 Å². The molecule has 2 aromatic rings. The Labute approximate surface area is 178 Å². The molecule has 0 amide bonds. The number of aliphatic hydroxyl groups excluding tert-OH is 2. The molecule has 1 fully saturated rings. The normalized spacial score (nSPS) is 27.5. The van der Waals surface area contributed by atoms with Crippen LogP contribution in [-0.2, 0) is 22.7 Å². The Bertz CT molecular complexity index is 938. The van der Waals surface area contributed by atoms with E-state index in [1.54, 1.807) is 0 Å². The number of fused-ring (bicyclic) bond motifs is 1. The zero-order chi connectivity index (χ0) is 20.0. The van der Waals surface area contributed by atoms with Gasteiger partial charge in [-0.25, -0.2) is 23.8 Å². The van der Waals surface area contributed by atoms with Gasteiger partial charge < -0.3 is 39.9 Å². The molecule has 15 nitrogen and oxygen atoms in total. The number of nitrogens with zero attached hydrogens (tertiary/aromatic N) is 4. The number of nitrogen functional groups attached to an aromatic ring is 1. The average molecular weight is 449 g/mol. The van der Waals surface area contributed by atoms with Crippen LogP contribution in [0, 0.1) is 0 Å². The number of imidazole rings is 1. The van der Waals surface area contributed by atoms with Gasteiger partial charge in [0.05, 0.1) is 12.9 Å². The summed E-state index contributed by atoms with van der Waals surface area (Å²) < 4.78 is 36.4. The van der Waals surface area contributed by atoms with Gasteiger partial charge in [-0.3, -0.25) is 9.13 Å². The monoisotopic (exact) mass is 449 g/mol. The SMILES string of the molecule is Nc1ncnc2c1ncn2C1OC(COP(=O)([O-])OP(=O)(O)O)C(O)C1O.[Na+]. The minimum atomic E-state index is -5.38. The van der Waals surface area contributed by atoms with E-state index in [0.29, 0.717) is 0 Å². The molecule has 0 radical (unpaired) electrons. The summed E-state index contributed by atoms with van der Waals surface area (Å²) in [5.74, 6) is 0.0774. The van der Waals surface area contributed by atoms with Crippen molar-refractivity contribution in [2.75, 3.05) is 12.3 Å². The van der Waals surface area contributed by atoms with Crippen LogP contribution in [0.2, 0.25) is 0 Å². The maximum absolute atomic E-state index is 11.4. The van der Waals surface area contributed by atoms with E-state index < -0.39 is 46.8 Å². The third-order valence-corrected chi connectivity index (χ3v) is 5.72. The summed E-state index contributed by atoms with van der Waals surface area (Å²) in [7, 11) is -10.7. The summed E-state index contributed by atoms with van der Waals surface area (Å²) in [5, 5.41) is 20.2. The quantitative estimate of drug-likeness (QED) is 0.205. The number of aliphatic hydroxyl groups is 2. The molecule has 0 aromatic carbocycles. The summed E-state index contributed by atoms with van der Waals surface area (Å²) >= 11 is 0. The van der Waals surface area contributed by atoms with E-state index in [1.807, 2.05) is 0 Å². The van der Waals surface area contributed by atoms with E-state index in [4.69, 9.17) is 20.3 Å². The summed E-state index contributed by atoms with van der Waals surface area (Å²) in [4.78, 5) is 40.1. The summed E-state index contributed by atoms with van der Waals surface area (Å²) in [6.07, 6.45) is -3.33. The molecule has 3 heterocycles. The third kappa shape index (κ3) is 5.15. The predicted molar refractivity (Wildman–Crippen MR) is 82.3 cm³/mol. The molecule has 0 spiro atoms. The second-order valence-corrected chi connectivity index (χ2v) is 8.23. The van der Waals surface area contributed by atoms with E-state index in [1.165, 1.54) is 10.9 Å². The van der Waals surface area contributed by atoms with Crippen LogP contribution in [0.4, 0.5) is 5.82 Å². The number of phosphoric acid groups is 2.